The summed E-state index contributed by atoms with van der Waals surface area (Å²) in [5.74, 6) is 1.62. The zero-order chi connectivity index (χ0) is 13.6. The molecule has 0 radical (unpaired) electrons. The van der Waals surface area contributed by atoms with Crippen molar-refractivity contribution in [3.05, 3.63) is 23.8 Å². The molecule has 0 fully saturated rings. The second-order valence-corrected chi connectivity index (χ2v) is 6.44. The van der Waals surface area contributed by atoms with Gasteiger partial charge in [-0.15, -0.1) is 11.6 Å². The first-order chi connectivity index (χ1) is 8.48. The summed E-state index contributed by atoms with van der Waals surface area (Å²) in [6, 6.07) is 5.46. The van der Waals surface area contributed by atoms with Crippen molar-refractivity contribution in [2.75, 3.05) is 25.7 Å². The van der Waals surface area contributed by atoms with E-state index in [1.807, 2.05) is 12.1 Å². The van der Waals surface area contributed by atoms with E-state index in [0.717, 1.165) is 5.56 Å². The molecular weight excluding hydrogens is 276 g/mol. The molecule has 0 saturated heterocycles. The van der Waals surface area contributed by atoms with Crippen LogP contribution in [0.5, 0.6) is 11.5 Å². The van der Waals surface area contributed by atoms with Crippen molar-refractivity contribution < 1.29 is 17.9 Å². The maximum atomic E-state index is 11.0. The van der Waals surface area contributed by atoms with E-state index in [2.05, 4.69) is 0 Å². The number of para-hydroxylation sites is 1. The number of alkyl halides is 1. The fraction of sp³-hybridized carbons (Fsp3) is 0.500. The minimum atomic E-state index is -2.95. The number of methoxy groups -OCH3 is 1. The van der Waals surface area contributed by atoms with Crippen molar-refractivity contribution in [1.29, 1.82) is 0 Å². The summed E-state index contributed by atoms with van der Waals surface area (Å²) in [5, 5.41) is 0. The van der Waals surface area contributed by atoms with E-state index in [0.29, 0.717) is 30.4 Å². The molecule has 1 aromatic carbocycles. The predicted octanol–water partition coefficient (Wildman–Crippen LogP) is 2.25. The van der Waals surface area contributed by atoms with Gasteiger partial charge >= 0.3 is 0 Å². The highest BCUT2D eigenvalue weighted by atomic mass is 35.5. The van der Waals surface area contributed by atoms with E-state index in [1.165, 1.54) is 6.26 Å². The maximum Gasteiger partial charge on any atom is 0.165 e. The number of halogens is 1. The van der Waals surface area contributed by atoms with Gasteiger partial charge in [-0.25, -0.2) is 8.42 Å². The zero-order valence-electron chi connectivity index (χ0n) is 10.5. The number of benzene rings is 1. The third-order valence-corrected chi connectivity index (χ3v) is 3.65. The summed E-state index contributed by atoms with van der Waals surface area (Å²) in [7, 11) is -1.39. The van der Waals surface area contributed by atoms with E-state index < -0.39 is 9.84 Å². The molecule has 0 amide bonds. The Bertz CT molecular complexity index is 463. The van der Waals surface area contributed by atoms with Crippen LogP contribution >= 0.6 is 11.6 Å². The first kappa shape index (κ1) is 15.1. The molecule has 6 heteroatoms. The van der Waals surface area contributed by atoms with E-state index >= 15 is 0 Å². The number of hydrogen-bond donors (Lipinski definition) is 0. The fourth-order valence-corrected chi connectivity index (χ4v) is 2.34. The summed E-state index contributed by atoms with van der Waals surface area (Å²) in [6.45, 7) is 0.317. The van der Waals surface area contributed by atoms with E-state index in [4.69, 9.17) is 21.1 Å². The Kier molecular flexibility index (Phi) is 5.75. The van der Waals surface area contributed by atoms with Crippen LogP contribution in [0.3, 0.4) is 0 Å². The van der Waals surface area contributed by atoms with Crippen LogP contribution in [-0.2, 0) is 15.7 Å². The average Bonchev–Trinajstić information content (AvgIpc) is 2.33. The van der Waals surface area contributed by atoms with E-state index in [-0.39, 0.29) is 5.75 Å². The number of sulfone groups is 1. The quantitative estimate of drug-likeness (QED) is 0.571. The van der Waals surface area contributed by atoms with Gasteiger partial charge in [0.1, 0.15) is 9.84 Å². The highest BCUT2D eigenvalue weighted by molar-refractivity contribution is 7.90. The van der Waals surface area contributed by atoms with E-state index in [9.17, 15) is 8.42 Å². The smallest absolute Gasteiger partial charge is 0.165 e. The van der Waals surface area contributed by atoms with Crippen LogP contribution in [0.4, 0.5) is 0 Å². The first-order valence-corrected chi connectivity index (χ1v) is 8.10. The SMILES string of the molecule is COc1cccc(CCl)c1OCCCS(C)(=O)=O. The molecule has 0 bridgehead atoms. The van der Waals surface area contributed by atoms with Crippen LogP contribution in [0.25, 0.3) is 0 Å². The molecule has 0 heterocycles. The van der Waals surface area contributed by atoms with Crippen molar-refractivity contribution in [1.82, 2.24) is 0 Å². The van der Waals surface area contributed by atoms with Crippen LogP contribution in [0.15, 0.2) is 18.2 Å². The molecule has 0 aromatic heterocycles. The molecule has 1 rings (SSSR count). The van der Waals surface area contributed by atoms with Gasteiger partial charge in [-0.1, -0.05) is 12.1 Å². The lowest BCUT2D eigenvalue weighted by atomic mass is 10.2. The van der Waals surface area contributed by atoms with Crippen LogP contribution in [-0.4, -0.2) is 34.1 Å². The lowest BCUT2D eigenvalue weighted by Crippen LogP contribution is -2.09. The Morgan fingerprint density at radius 2 is 2.06 bits per heavy atom. The Morgan fingerprint density at radius 3 is 2.61 bits per heavy atom. The molecule has 0 spiro atoms. The lowest BCUT2D eigenvalue weighted by Gasteiger charge is -2.13. The number of hydrogen-bond acceptors (Lipinski definition) is 4. The second-order valence-electron chi connectivity index (χ2n) is 3.91. The topological polar surface area (TPSA) is 52.6 Å². The lowest BCUT2D eigenvalue weighted by molar-refractivity contribution is 0.292. The third kappa shape index (κ3) is 4.74. The van der Waals surface area contributed by atoms with Gasteiger partial charge in [-0.3, -0.25) is 0 Å². The highest BCUT2D eigenvalue weighted by Crippen LogP contribution is 2.32. The Labute approximate surface area is 113 Å². The monoisotopic (exact) mass is 292 g/mol. The Balaban J connectivity index is 2.66. The highest BCUT2D eigenvalue weighted by Gasteiger charge is 2.10. The van der Waals surface area contributed by atoms with Crippen molar-refractivity contribution >= 4 is 21.4 Å². The van der Waals surface area contributed by atoms with Crippen molar-refractivity contribution in [2.45, 2.75) is 12.3 Å². The fourth-order valence-electron chi connectivity index (χ4n) is 1.49. The Morgan fingerprint density at radius 1 is 1.33 bits per heavy atom. The molecule has 1 aromatic rings. The molecule has 0 unspecified atom stereocenters. The normalized spacial score (nSPS) is 11.3. The minimum Gasteiger partial charge on any atom is -0.493 e. The van der Waals surface area contributed by atoms with Gasteiger partial charge in [-0.05, 0) is 12.5 Å². The maximum absolute atomic E-state index is 11.0. The molecule has 0 atom stereocenters. The van der Waals surface area contributed by atoms with Gasteiger partial charge in [0.05, 0.1) is 25.3 Å². The van der Waals surface area contributed by atoms with Crippen LogP contribution in [0.1, 0.15) is 12.0 Å². The molecule has 4 nitrogen and oxygen atoms in total. The van der Waals surface area contributed by atoms with Gasteiger partial charge < -0.3 is 9.47 Å². The Hall–Kier alpha value is -0.940. The van der Waals surface area contributed by atoms with Crippen LogP contribution in [0.2, 0.25) is 0 Å². The largest absolute Gasteiger partial charge is 0.493 e. The van der Waals surface area contributed by atoms with Crippen molar-refractivity contribution in [2.24, 2.45) is 0 Å². The minimum absolute atomic E-state index is 0.109. The summed E-state index contributed by atoms with van der Waals surface area (Å²) < 4.78 is 32.7. The first-order valence-electron chi connectivity index (χ1n) is 5.50. The number of rotatable bonds is 7. The predicted molar refractivity (Wildman–Crippen MR) is 72.4 cm³/mol. The zero-order valence-corrected chi connectivity index (χ0v) is 12.1. The van der Waals surface area contributed by atoms with E-state index in [1.54, 1.807) is 13.2 Å². The molecule has 0 aliphatic heterocycles. The molecule has 0 N–H and O–H groups in total. The van der Waals surface area contributed by atoms with Gasteiger partial charge in [0, 0.05) is 11.8 Å². The second kappa shape index (κ2) is 6.85. The summed E-state index contributed by atoms with van der Waals surface area (Å²) in [5.41, 5.74) is 0.829. The van der Waals surface area contributed by atoms with Gasteiger partial charge in [-0.2, -0.15) is 0 Å². The number of ether oxygens (including phenoxy) is 2. The molecule has 0 saturated carbocycles. The van der Waals surface area contributed by atoms with Crippen molar-refractivity contribution in [3.63, 3.8) is 0 Å². The van der Waals surface area contributed by atoms with Gasteiger partial charge in [0.25, 0.3) is 0 Å². The van der Waals surface area contributed by atoms with Crippen LogP contribution < -0.4 is 9.47 Å². The average molecular weight is 293 g/mol. The molecule has 0 aliphatic carbocycles. The van der Waals surface area contributed by atoms with Crippen molar-refractivity contribution in [3.8, 4) is 11.5 Å². The standard InChI is InChI=1S/C12H17ClO4S/c1-16-11-6-3-5-10(9-13)12(11)17-7-4-8-18(2,14)15/h3,5-6H,4,7-9H2,1-2H3. The van der Waals surface area contributed by atoms with Gasteiger partial charge in [0.2, 0.25) is 0 Å². The summed E-state index contributed by atoms with van der Waals surface area (Å²) >= 11 is 5.81. The molecule has 102 valence electrons. The summed E-state index contributed by atoms with van der Waals surface area (Å²) in [6.07, 6.45) is 1.65. The molecular formula is C12H17ClO4S. The summed E-state index contributed by atoms with van der Waals surface area (Å²) in [4.78, 5) is 0. The van der Waals surface area contributed by atoms with Crippen LogP contribution in [0, 0.1) is 0 Å². The third-order valence-electron chi connectivity index (χ3n) is 2.33. The van der Waals surface area contributed by atoms with Gasteiger partial charge in [0.15, 0.2) is 11.5 Å². The molecule has 18 heavy (non-hydrogen) atoms. The molecule has 0 aliphatic rings.